The van der Waals surface area contributed by atoms with Gasteiger partial charge in [0.15, 0.2) is 0 Å². The zero-order chi connectivity index (χ0) is 11.4. The highest BCUT2D eigenvalue weighted by molar-refractivity contribution is 9.11. The average Bonchev–Trinajstić information content (AvgIpc) is 3.01. The lowest BCUT2D eigenvalue weighted by atomic mass is 10.2. The molecular formula is C12H19BrN2S. The first-order chi connectivity index (χ1) is 7.79. The van der Waals surface area contributed by atoms with Crippen LogP contribution in [0.2, 0.25) is 0 Å². The molecule has 3 N–H and O–H groups in total. The molecule has 0 bridgehead atoms. The van der Waals surface area contributed by atoms with Crippen molar-refractivity contribution in [3.05, 3.63) is 20.8 Å². The standard InChI is InChI=1S/C12H19BrN2S/c13-12-6-5-11(16-12)10(8-14)15-7-1-2-9-3-4-9/h5-6,9-10,15H,1-4,7-8,14H2. The molecule has 1 aliphatic rings. The van der Waals surface area contributed by atoms with E-state index in [2.05, 4.69) is 33.4 Å². The van der Waals surface area contributed by atoms with Crippen molar-refractivity contribution in [1.29, 1.82) is 0 Å². The summed E-state index contributed by atoms with van der Waals surface area (Å²) in [5.41, 5.74) is 5.80. The van der Waals surface area contributed by atoms with Crippen LogP contribution in [0.1, 0.15) is 36.6 Å². The summed E-state index contributed by atoms with van der Waals surface area (Å²) in [7, 11) is 0. The first kappa shape index (κ1) is 12.6. The van der Waals surface area contributed by atoms with Gasteiger partial charge in [0.05, 0.1) is 9.83 Å². The highest BCUT2D eigenvalue weighted by Crippen LogP contribution is 2.33. The van der Waals surface area contributed by atoms with Crippen LogP contribution in [0.3, 0.4) is 0 Å². The molecule has 0 aliphatic heterocycles. The number of halogens is 1. The molecular weight excluding hydrogens is 284 g/mol. The van der Waals surface area contributed by atoms with Crippen molar-refractivity contribution in [3.63, 3.8) is 0 Å². The second-order valence-electron chi connectivity index (χ2n) is 4.47. The van der Waals surface area contributed by atoms with E-state index >= 15 is 0 Å². The SMILES string of the molecule is NCC(NCCCC1CC1)c1ccc(Br)s1. The molecule has 0 amide bonds. The van der Waals surface area contributed by atoms with Crippen molar-refractivity contribution in [2.45, 2.75) is 31.7 Å². The van der Waals surface area contributed by atoms with Crippen molar-refractivity contribution in [2.75, 3.05) is 13.1 Å². The first-order valence-corrected chi connectivity index (χ1v) is 7.59. The van der Waals surface area contributed by atoms with Crippen LogP contribution < -0.4 is 11.1 Å². The molecule has 90 valence electrons. The molecule has 4 heteroatoms. The maximum Gasteiger partial charge on any atom is 0.0702 e. The molecule has 1 aromatic heterocycles. The molecule has 1 aliphatic carbocycles. The van der Waals surface area contributed by atoms with Gasteiger partial charge in [0.2, 0.25) is 0 Å². The van der Waals surface area contributed by atoms with Gasteiger partial charge in [0, 0.05) is 11.4 Å². The third-order valence-corrected chi connectivity index (χ3v) is 4.79. The van der Waals surface area contributed by atoms with Gasteiger partial charge >= 0.3 is 0 Å². The molecule has 1 atom stereocenters. The van der Waals surface area contributed by atoms with Crippen LogP contribution in [0.15, 0.2) is 15.9 Å². The highest BCUT2D eigenvalue weighted by atomic mass is 79.9. The van der Waals surface area contributed by atoms with E-state index in [4.69, 9.17) is 5.73 Å². The van der Waals surface area contributed by atoms with Crippen LogP contribution in [0, 0.1) is 5.92 Å². The van der Waals surface area contributed by atoms with Crippen molar-refractivity contribution in [1.82, 2.24) is 5.32 Å². The monoisotopic (exact) mass is 302 g/mol. The maximum atomic E-state index is 5.80. The second kappa shape index (κ2) is 6.15. The Bertz CT molecular complexity index is 323. The lowest BCUT2D eigenvalue weighted by Gasteiger charge is -2.14. The second-order valence-corrected chi connectivity index (χ2v) is 6.96. The number of thiophene rings is 1. The molecule has 1 saturated carbocycles. The highest BCUT2D eigenvalue weighted by Gasteiger charge is 2.20. The third kappa shape index (κ3) is 3.84. The predicted molar refractivity (Wildman–Crippen MR) is 73.8 cm³/mol. The number of hydrogen-bond donors (Lipinski definition) is 2. The smallest absolute Gasteiger partial charge is 0.0702 e. The third-order valence-electron chi connectivity index (χ3n) is 3.05. The molecule has 2 rings (SSSR count). The van der Waals surface area contributed by atoms with Crippen LogP contribution in [-0.4, -0.2) is 13.1 Å². The first-order valence-electron chi connectivity index (χ1n) is 5.98. The molecule has 0 spiro atoms. The van der Waals surface area contributed by atoms with Crippen LogP contribution in [-0.2, 0) is 0 Å². The molecule has 2 nitrogen and oxygen atoms in total. The Labute approximate surface area is 110 Å². The van der Waals surface area contributed by atoms with E-state index in [0.717, 1.165) is 12.5 Å². The minimum atomic E-state index is 0.329. The van der Waals surface area contributed by atoms with E-state index < -0.39 is 0 Å². The molecule has 1 aromatic rings. The Morgan fingerprint density at radius 2 is 2.31 bits per heavy atom. The molecule has 0 radical (unpaired) electrons. The van der Waals surface area contributed by atoms with Crippen LogP contribution in [0.4, 0.5) is 0 Å². The minimum Gasteiger partial charge on any atom is -0.329 e. The van der Waals surface area contributed by atoms with E-state index in [1.54, 1.807) is 11.3 Å². The van der Waals surface area contributed by atoms with Gasteiger partial charge in [0.25, 0.3) is 0 Å². The van der Waals surface area contributed by atoms with Gasteiger partial charge in [-0.05, 0) is 53.4 Å². The fourth-order valence-corrected chi connectivity index (χ4v) is 3.40. The predicted octanol–water partition coefficient (Wildman–Crippen LogP) is 3.29. The zero-order valence-electron chi connectivity index (χ0n) is 9.42. The molecule has 1 unspecified atom stereocenters. The van der Waals surface area contributed by atoms with Gasteiger partial charge in [-0.25, -0.2) is 0 Å². The fourth-order valence-electron chi connectivity index (χ4n) is 1.89. The Kier molecular flexibility index (Phi) is 4.82. The van der Waals surface area contributed by atoms with Gasteiger partial charge in [-0.15, -0.1) is 11.3 Å². The molecule has 1 heterocycles. The van der Waals surface area contributed by atoms with Gasteiger partial charge in [-0.2, -0.15) is 0 Å². The number of rotatable bonds is 7. The van der Waals surface area contributed by atoms with Gasteiger partial charge in [-0.1, -0.05) is 12.8 Å². The van der Waals surface area contributed by atoms with Crippen molar-refractivity contribution in [3.8, 4) is 0 Å². The minimum absolute atomic E-state index is 0.329. The number of nitrogens with two attached hydrogens (primary N) is 1. The molecule has 16 heavy (non-hydrogen) atoms. The van der Waals surface area contributed by atoms with Gasteiger partial charge in [0.1, 0.15) is 0 Å². The van der Waals surface area contributed by atoms with E-state index in [1.807, 2.05) is 0 Å². The van der Waals surface area contributed by atoms with E-state index in [9.17, 15) is 0 Å². The quantitative estimate of drug-likeness (QED) is 0.759. The summed E-state index contributed by atoms with van der Waals surface area (Å²) in [6.07, 6.45) is 5.59. The topological polar surface area (TPSA) is 38.0 Å². The van der Waals surface area contributed by atoms with Crippen LogP contribution in [0.5, 0.6) is 0 Å². The van der Waals surface area contributed by atoms with Gasteiger partial charge < -0.3 is 11.1 Å². The maximum absolute atomic E-state index is 5.80. The molecule has 0 aromatic carbocycles. The summed E-state index contributed by atoms with van der Waals surface area (Å²) in [5.74, 6) is 1.04. The van der Waals surface area contributed by atoms with Crippen molar-refractivity contribution in [2.24, 2.45) is 11.7 Å². The summed E-state index contributed by atoms with van der Waals surface area (Å²) >= 11 is 5.26. The number of hydrogen-bond acceptors (Lipinski definition) is 3. The van der Waals surface area contributed by atoms with Crippen molar-refractivity contribution < 1.29 is 0 Å². The Morgan fingerprint density at radius 3 is 2.88 bits per heavy atom. The fraction of sp³-hybridized carbons (Fsp3) is 0.667. The Balaban J connectivity index is 1.71. The lowest BCUT2D eigenvalue weighted by Crippen LogP contribution is -2.28. The van der Waals surface area contributed by atoms with E-state index in [0.29, 0.717) is 12.6 Å². The summed E-state index contributed by atoms with van der Waals surface area (Å²) in [5, 5.41) is 3.55. The van der Waals surface area contributed by atoms with Crippen LogP contribution >= 0.6 is 27.3 Å². The number of nitrogens with one attached hydrogen (secondary N) is 1. The molecule has 1 fully saturated rings. The van der Waals surface area contributed by atoms with Gasteiger partial charge in [-0.3, -0.25) is 0 Å². The van der Waals surface area contributed by atoms with Crippen molar-refractivity contribution >= 4 is 27.3 Å². The lowest BCUT2D eigenvalue weighted by molar-refractivity contribution is 0.517. The van der Waals surface area contributed by atoms with Crippen LogP contribution in [0.25, 0.3) is 0 Å². The Morgan fingerprint density at radius 1 is 1.50 bits per heavy atom. The zero-order valence-corrected chi connectivity index (χ0v) is 11.8. The van der Waals surface area contributed by atoms with E-state index in [1.165, 1.54) is 34.3 Å². The Hall–Kier alpha value is 0.1000. The summed E-state index contributed by atoms with van der Waals surface area (Å²) in [4.78, 5) is 1.33. The summed E-state index contributed by atoms with van der Waals surface area (Å²) in [6, 6.07) is 4.57. The van der Waals surface area contributed by atoms with E-state index in [-0.39, 0.29) is 0 Å². The average molecular weight is 303 g/mol. The largest absolute Gasteiger partial charge is 0.329 e. The normalized spacial score (nSPS) is 17.6. The summed E-state index contributed by atoms with van der Waals surface area (Å²) < 4.78 is 1.18. The summed E-state index contributed by atoms with van der Waals surface area (Å²) in [6.45, 7) is 1.77. The molecule has 0 saturated heterocycles.